The molecule has 184 valence electrons. The Balaban J connectivity index is 0.00000324. The SMILES string of the molecule is Cl.O=C(CC1CSC(=NC2CCCCC2)N1Cc1ccccc1)Nc1ccc(C(F)(F)F)cc1. The number of alkyl halides is 3. The number of hydrogen-bond acceptors (Lipinski definition) is 3. The number of carbonyl (C=O) groups is 1. The molecule has 0 spiro atoms. The molecule has 1 N–H and O–H groups in total. The molecular weight excluding hydrogens is 483 g/mol. The lowest BCUT2D eigenvalue weighted by molar-refractivity contribution is -0.137. The highest BCUT2D eigenvalue weighted by molar-refractivity contribution is 8.14. The van der Waals surface area contributed by atoms with Gasteiger partial charge in [-0.3, -0.25) is 9.79 Å². The van der Waals surface area contributed by atoms with Gasteiger partial charge in [0.15, 0.2) is 5.17 Å². The van der Waals surface area contributed by atoms with E-state index in [4.69, 9.17) is 4.99 Å². The van der Waals surface area contributed by atoms with Gasteiger partial charge in [-0.15, -0.1) is 12.4 Å². The Morgan fingerprint density at radius 2 is 1.71 bits per heavy atom. The van der Waals surface area contributed by atoms with E-state index in [1.54, 1.807) is 11.8 Å². The molecule has 1 heterocycles. The van der Waals surface area contributed by atoms with Gasteiger partial charge in [-0.2, -0.15) is 13.2 Å². The molecule has 0 bridgehead atoms. The maximum Gasteiger partial charge on any atom is 0.416 e. The molecule has 0 radical (unpaired) electrons. The summed E-state index contributed by atoms with van der Waals surface area (Å²) in [4.78, 5) is 20.0. The average Bonchev–Trinajstić information content (AvgIpc) is 3.15. The number of amides is 1. The van der Waals surface area contributed by atoms with Crippen LogP contribution in [0.25, 0.3) is 0 Å². The van der Waals surface area contributed by atoms with Crippen molar-refractivity contribution in [2.45, 2.75) is 63.3 Å². The zero-order valence-corrected chi connectivity index (χ0v) is 20.4. The van der Waals surface area contributed by atoms with E-state index in [1.807, 2.05) is 18.2 Å². The minimum absolute atomic E-state index is 0. The molecule has 0 aromatic heterocycles. The van der Waals surface area contributed by atoms with Gasteiger partial charge in [0.05, 0.1) is 11.6 Å². The smallest absolute Gasteiger partial charge is 0.343 e. The molecule has 9 heteroatoms. The largest absolute Gasteiger partial charge is 0.416 e. The van der Waals surface area contributed by atoms with Crippen molar-refractivity contribution in [2.75, 3.05) is 11.1 Å². The first-order chi connectivity index (χ1) is 15.9. The van der Waals surface area contributed by atoms with Crippen LogP contribution in [0.5, 0.6) is 0 Å². The number of nitrogens with zero attached hydrogens (tertiary/aromatic N) is 2. The van der Waals surface area contributed by atoms with Crippen molar-refractivity contribution in [1.82, 2.24) is 4.90 Å². The molecule has 2 aromatic rings. The normalized spacial score (nSPS) is 20.3. The lowest BCUT2D eigenvalue weighted by atomic mass is 9.96. The molecular formula is C25H29ClF3N3OS. The predicted molar refractivity (Wildman–Crippen MR) is 134 cm³/mol. The number of thioether (sulfide) groups is 1. The summed E-state index contributed by atoms with van der Waals surface area (Å²) in [5, 5.41) is 3.74. The van der Waals surface area contributed by atoms with Gasteiger partial charge in [0, 0.05) is 30.4 Å². The fraction of sp³-hybridized carbons (Fsp3) is 0.440. The molecule has 4 rings (SSSR count). The highest BCUT2D eigenvalue weighted by Gasteiger charge is 2.33. The topological polar surface area (TPSA) is 44.7 Å². The van der Waals surface area contributed by atoms with Crippen LogP contribution in [-0.4, -0.2) is 33.8 Å². The third-order valence-electron chi connectivity index (χ3n) is 6.07. The molecule has 4 nitrogen and oxygen atoms in total. The fourth-order valence-corrected chi connectivity index (χ4v) is 5.53. The third-order valence-corrected chi connectivity index (χ3v) is 7.22. The molecule has 2 aromatic carbocycles. The van der Waals surface area contributed by atoms with Crippen molar-refractivity contribution in [3.05, 3.63) is 65.7 Å². The van der Waals surface area contributed by atoms with Gasteiger partial charge in [-0.25, -0.2) is 0 Å². The van der Waals surface area contributed by atoms with E-state index in [0.29, 0.717) is 18.3 Å². The summed E-state index contributed by atoms with van der Waals surface area (Å²) in [6.45, 7) is 0.678. The van der Waals surface area contributed by atoms with Crippen LogP contribution in [0.1, 0.15) is 49.7 Å². The molecule has 1 aliphatic heterocycles. The van der Waals surface area contributed by atoms with E-state index >= 15 is 0 Å². The molecule has 34 heavy (non-hydrogen) atoms. The van der Waals surface area contributed by atoms with Gasteiger partial charge in [0.25, 0.3) is 0 Å². The molecule has 1 aliphatic carbocycles. The van der Waals surface area contributed by atoms with E-state index < -0.39 is 11.7 Å². The Hall–Kier alpha value is -2.19. The number of anilines is 1. The number of halogens is 4. The zero-order chi connectivity index (χ0) is 23.3. The van der Waals surface area contributed by atoms with E-state index in [1.165, 1.54) is 31.4 Å². The van der Waals surface area contributed by atoms with Crippen molar-refractivity contribution >= 4 is 40.9 Å². The minimum atomic E-state index is -4.39. The summed E-state index contributed by atoms with van der Waals surface area (Å²) in [6.07, 6.45) is 1.78. The fourth-order valence-electron chi connectivity index (χ4n) is 4.29. The maximum atomic E-state index is 12.8. The summed E-state index contributed by atoms with van der Waals surface area (Å²) in [5.41, 5.74) is 0.791. The summed E-state index contributed by atoms with van der Waals surface area (Å²) in [7, 11) is 0. The van der Waals surface area contributed by atoms with Gasteiger partial charge in [-0.1, -0.05) is 61.4 Å². The van der Waals surface area contributed by atoms with E-state index in [2.05, 4.69) is 22.3 Å². The standard InChI is InChI=1S/C25H28F3N3OS.ClH/c26-25(27,28)19-11-13-21(14-12-19)29-23(32)15-22-17-33-24(30-20-9-5-2-6-10-20)31(22)16-18-7-3-1-4-8-18;/h1,3-4,7-8,11-14,20,22H,2,5-6,9-10,15-17H2,(H,29,32);1H. The summed E-state index contributed by atoms with van der Waals surface area (Å²) in [5.74, 6) is 0.552. The Morgan fingerprint density at radius 1 is 1.03 bits per heavy atom. The number of rotatable bonds is 6. The van der Waals surface area contributed by atoms with Crippen molar-refractivity contribution in [3.8, 4) is 0 Å². The van der Waals surface area contributed by atoms with Gasteiger partial charge in [0.2, 0.25) is 5.91 Å². The van der Waals surface area contributed by atoms with Crippen LogP contribution in [0.4, 0.5) is 18.9 Å². The zero-order valence-electron chi connectivity index (χ0n) is 18.8. The average molecular weight is 512 g/mol. The number of aliphatic imine (C=N–C) groups is 1. The second kappa shape index (κ2) is 12.0. The van der Waals surface area contributed by atoms with Crippen LogP contribution in [-0.2, 0) is 17.5 Å². The van der Waals surface area contributed by atoms with Crippen LogP contribution in [0.2, 0.25) is 0 Å². The highest BCUT2D eigenvalue weighted by Crippen LogP contribution is 2.32. The van der Waals surface area contributed by atoms with Crippen molar-refractivity contribution in [1.29, 1.82) is 0 Å². The Bertz CT molecular complexity index is 964. The van der Waals surface area contributed by atoms with Crippen LogP contribution in [0.15, 0.2) is 59.6 Å². The second-order valence-electron chi connectivity index (χ2n) is 8.61. The highest BCUT2D eigenvalue weighted by atomic mass is 35.5. The van der Waals surface area contributed by atoms with Gasteiger partial charge in [-0.05, 0) is 42.7 Å². The quantitative estimate of drug-likeness (QED) is 0.466. The Labute approximate surface area is 208 Å². The monoisotopic (exact) mass is 511 g/mol. The summed E-state index contributed by atoms with van der Waals surface area (Å²) < 4.78 is 38.3. The summed E-state index contributed by atoms with van der Waals surface area (Å²) in [6, 6.07) is 15.0. The Morgan fingerprint density at radius 3 is 2.35 bits per heavy atom. The van der Waals surface area contributed by atoms with Crippen molar-refractivity contribution < 1.29 is 18.0 Å². The van der Waals surface area contributed by atoms with Crippen LogP contribution in [0, 0.1) is 0 Å². The van der Waals surface area contributed by atoms with Gasteiger partial charge < -0.3 is 10.2 Å². The molecule has 1 unspecified atom stereocenters. The first-order valence-electron chi connectivity index (χ1n) is 11.4. The van der Waals surface area contributed by atoms with E-state index in [-0.39, 0.29) is 30.8 Å². The van der Waals surface area contributed by atoms with Crippen LogP contribution in [0.3, 0.4) is 0 Å². The molecule has 1 saturated carbocycles. The van der Waals surface area contributed by atoms with Gasteiger partial charge in [0.1, 0.15) is 0 Å². The molecule has 2 aliphatic rings. The lowest BCUT2D eigenvalue weighted by Gasteiger charge is -2.27. The maximum absolute atomic E-state index is 12.8. The number of nitrogens with one attached hydrogen (secondary N) is 1. The lowest BCUT2D eigenvalue weighted by Crippen LogP contribution is -2.37. The van der Waals surface area contributed by atoms with Gasteiger partial charge >= 0.3 is 6.18 Å². The number of hydrogen-bond donors (Lipinski definition) is 1. The third kappa shape index (κ3) is 7.15. The van der Waals surface area contributed by atoms with Crippen molar-refractivity contribution in [3.63, 3.8) is 0 Å². The first kappa shape index (κ1) is 26.4. The van der Waals surface area contributed by atoms with E-state index in [0.717, 1.165) is 41.5 Å². The second-order valence-corrected chi connectivity index (χ2v) is 9.60. The Kier molecular flexibility index (Phi) is 9.31. The van der Waals surface area contributed by atoms with Crippen molar-refractivity contribution in [2.24, 2.45) is 4.99 Å². The number of benzene rings is 2. The molecule has 1 atom stereocenters. The minimum Gasteiger partial charge on any atom is -0.343 e. The predicted octanol–water partition coefficient (Wildman–Crippen LogP) is 6.76. The molecule has 1 saturated heterocycles. The molecule has 2 fully saturated rings. The summed E-state index contributed by atoms with van der Waals surface area (Å²) >= 11 is 1.70. The first-order valence-corrected chi connectivity index (χ1v) is 12.4. The van der Waals surface area contributed by atoms with Crippen LogP contribution < -0.4 is 5.32 Å². The number of amidine groups is 1. The van der Waals surface area contributed by atoms with Crippen LogP contribution >= 0.6 is 24.2 Å². The van der Waals surface area contributed by atoms with E-state index in [9.17, 15) is 18.0 Å². The molecule has 1 amide bonds. The number of carbonyl (C=O) groups excluding carboxylic acids is 1.